The summed E-state index contributed by atoms with van der Waals surface area (Å²) < 4.78 is 8.25. The van der Waals surface area contributed by atoms with E-state index >= 15 is 0 Å². The Labute approximate surface area is 158 Å². The Morgan fingerprint density at radius 1 is 1.15 bits per heavy atom. The van der Waals surface area contributed by atoms with E-state index in [2.05, 4.69) is 17.2 Å². The molecule has 0 bridgehead atoms. The molecule has 1 heterocycles. The van der Waals surface area contributed by atoms with Gasteiger partial charge in [0.2, 0.25) is 0 Å². The molecule has 4 rings (SSSR count). The molecule has 1 aliphatic rings. The van der Waals surface area contributed by atoms with Crippen LogP contribution in [-0.2, 0) is 17.7 Å². The molecule has 5 nitrogen and oxygen atoms in total. The molecule has 0 amide bonds. The number of carboxylic acid groups (broad SMARTS) is 1. The zero-order valence-corrected chi connectivity index (χ0v) is 15.3. The quantitative estimate of drug-likeness (QED) is 0.679. The highest BCUT2D eigenvalue weighted by Crippen LogP contribution is 2.24. The Morgan fingerprint density at radius 2 is 1.93 bits per heavy atom. The summed E-state index contributed by atoms with van der Waals surface area (Å²) in [7, 11) is 0. The van der Waals surface area contributed by atoms with Gasteiger partial charge in [-0.05, 0) is 24.5 Å². The molecule has 5 heteroatoms. The van der Waals surface area contributed by atoms with E-state index in [1.54, 1.807) is 12.1 Å². The maximum absolute atomic E-state index is 11.4. The van der Waals surface area contributed by atoms with Gasteiger partial charge in [0.15, 0.2) is 0 Å². The number of benzene rings is 2. The Bertz CT molecular complexity index is 914. The number of carboxylic acids is 1. The molecule has 0 unspecified atom stereocenters. The van der Waals surface area contributed by atoms with Gasteiger partial charge < -0.3 is 9.84 Å². The number of hydrogen-bond acceptors (Lipinski definition) is 3. The van der Waals surface area contributed by atoms with Crippen LogP contribution in [0, 0.1) is 0 Å². The van der Waals surface area contributed by atoms with Crippen LogP contribution >= 0.6 is 0 Å². The fourth-order valence-electron chi connectivity index (χ4n) is 3.90. The van der Waals surface area contributed by atoms with Crippen LogP contribution in [0.25, 0.3) is 10.9 Å². The third kappa shape index (κ3) is 4.19. The largest absolute Gasteiger partial charge is 0.478 e. The summed E-state index contributed by atoms with van der Waals surface area (Å²) in [6, 6.07) is 15.6. The summed E-state index contributed by atoms with van der Waals surface area (Å²) in [6.07, 6.45) is 7.77. The minimum Gasteiger partial charge on any atom is -0.478 e. The van der Waals surface area contributed by atoms with Crippen molar-refractivity contribution in [1.82, 2.24) is 9.78 Å². The number of ether oxygens (including phenoxy) is 1. The van der Waals surface area contributed by atoms with Gasteiger partial charge in [0.05, 0.1) is 24.3 Å². The molecule has 1 fully saturated rings. The summed E-state index contributed by atoms with van der Waals surface area (Å²) in [5, 5.41) is 14.8. The zero-order chi connectivity index (χ0) is 18.6. The molecule has 3 aromatic rings. The lowest BCUT2D eigenvalue weighted by atomic mass is 10.1. The normalized spacial score (nSPS) is 16.0. The van der Waals surface area contributed by atoms with Gasteiger partial charge in [-0.25, -0.2) is 4.79 Å². The molecular formula is C22H24N2O3. The molecule has 2 aromatic carbocycles. The molecule has 140 valence electrons. The predicted molar refractivity (Wildman–Crippen MR) is 104 cm³/mol. The second-order valence-electron chi connectivity index (χ2n) is 7.25. The van der Waals surface area contributed by atoms with Crippen LogP contribution < -0.4 is 0 Å². The third-order valence-electron chi connectivity index (χ3n) is 5.20. The number of hydrogen-bond donors (Lipinski definition) is 1. The highest BCUT2D eigenvalue weighted by Gasteiger charge is 2.22. The lowest BCUT2D eigenvalue weighted by molar-refractivity contribution is -0.0176. The van der Waals surface area contributed by atoms with Crippen molar-refractivity contribution < 1.29 is 14.6 Å². The number of rotatable bonds is 7. The fourth-order valence-corrected chi connectivity index (χ4v) is 3.90. The Morgan fingerprint density at radius 3 is 2.67 bits per heavy atom. The van der Waals surface area contributed by atoms with E-state index in [9.17, 15) is 9.90 Å². The molecule has 0 aliphatic heterocycles. The van der Waals surface area contributed by atoms with Crippen molar-refractivity contribution in [2.45, 2.75) is 50.9 Å². The summed E-state index contributed by atoms with van der Waals surface area (Å²) in [6.45, 7) is 0.610. The standard InChI is InChI=1S/C22H24N2O3/c25-22(26)20-12-6-9-17-14-24(23-21(17)20)15-19(27-18-10-4-5-11-18)13-16-7-2-1-3-8-16/h1-3,6-9,12,14,18-19H,4-5,10-11,13,15H2,(H,25,26)/t19-/m1/s1. The summed E-state index contributed by atoms with van der Waals surface area (Å²) in [5.41, 5.74) is 2.01. The lowest BCUT2D eigenvalue weighted by Crippen LogP contribution is -2.27. The average Bonchev–Trinajstić information content (AvgIpc) is 3.31. The Kier molecular flexibility index (Phi) is 5.21. The van der Waals surface area contributed by atoms with E-state index in [1.165, 1.54) is 18.4 Å². The van der Waals surface area contributed by atoms with Crippen LogP contribution in [0.5, 0.6) is 0 Å². The minimum atomic E-state index is -0.950. The topological polar surface area (TPSA) is 64.3 Å². The van der Waals surface area contributed by atoms with Gasteiger partial charge in [-0.15, -0.1) is 0 Å². The van der Waals surface area contributed by atoms with Crippen LogP contribution in [0.4, 0.5) is 0 Å². The van der Waals surface area contributed by atoms with Gasteiger partial charge in [0, 0.05) is 18.0 Å². The molecule has 1 aromatic heterocycles. The van der Waals surface area contributed by atoms with Gasteiger partial charge >= 0.3 is 5.97 Å². The van der Waals surface area contributed by atoms with E-state index in [-0.39, 0.29) is 11.7 Å². The van der Waals surface area contributed by atoms with E-state index in [1.807, 2.05) is 35.1 Å². The molecule has 1 saturated carbocycles. The zero-order valence-electron chi connectivity index (χ0n) is 15.3. The van der Waals surface area contributed by atoms with Crippen molar-refractivity contribution in [2.24, 2.45) is 0 Å². The monoisotopic (exact) mass is 364 g/mol. The van der Waals surface area contributed by atoms with Crippen molar-refractivity contribution in [1.29, 1.82) is 0 Å². The summed E-state index contributed by atoms with van der Waals surface area (Å²) in [4.78, 5) is 11.4. The van der Waals surface area contributed by atoms with Crippen LogP contribution in [0.1, 0.15) is 41.6 Å². The van der Waals surface area contributed by atoms with E-state index < -0.39 is 5.97 Å². The van der Waals surface area contributed by atoms with Crippen LogP contribution in [0.2, 0.25) is 0 Å². The van der Waals surface area contributed by atoms with Gasteiger partial charge in [-0.1, -0.05) is 55.3 Å². The van der Waals surface area contributed by atoms with Gasteiger partial charge in [-0.2, -0.15) is 5.10 Å². The number of aromatic carboxylic acids is 1. The first-order chi connectivity index (χ1) is 13.2. The highest BCUT2D eigenvalue weighted by molar-refractivity contribution is 6.01. The van der Waals surface area contributed by atoms with Crippen molar-refractivity contribution in [3.8, 4) is 0 Å². The summed E-state index contributed by atoms with van der Waals surface area (Å²) in [5.74, 6) is -0.950. The van der Waals surface area contributed by atoms with E-state index in [4.69, 9.17) is 4.74 Å². The Balaban J connectivity index is 1.57. The van der Waals surface area contributed by atoms with E-state index in [0.717, 1.165) is 24.6 Å². The van der Waals surface area contributed by atoms with Crippen molar-refractivity contribution in [3.05, 3.63) is 65.9 Å². The molecule has 1 atom stereocenters. The van der Waals surface area contributed by atoms with E-state index in [0.29, 0.717) is 18.2 Å². The second-order valence-corrected chi connectivity index (χ2v) is 7.25. The van der Waals surface area contributed by atoms with Crippen LogP contribution in [-0.4, -0.2) is 33.1 Å². The van der Waals surface area contributed by atoms with Crippen LogP contribution in [0.15, 0.2) is 54.7 Å². The SMILES string of the molecule is O=C(O)c1cccc2cn(C[C@@H](Cc3ccccc3)OC3CCCC3)nc12. The predicted octanol–water partition coefficient (Wildman–Crippen LogP) is 4.31. The molecule has 0 radical (unpaired) electrons. The average molecular weight is 364 g/mol. The van der Waals surface area contributed by atoms with Crippen molar-refractivity contribution in [3.63, 3.8) is 0 Å². The smallest absolute Gasteiger partial charge is 0.337 e. The van der Waals surface area contributed by atoms with Crippen LogP contribution in [0.3, 0.4) is 0 Å². The maximum atomic E-state index is 11.4. The van der Waals surface area contributed by atoms with Crippen molar-refractivity contribution >= 4 is 16.9 Å². The lowest BCUT2D eigenvalue weighted by Gasteiger charge is -2.22. The first-order valence-corrected chi connectivity index (χ1v) is 9.58. The minimum absolute atomic E-state index is 0.0121. The molecular weight excluding hydrogens is 340 g/mol. The molecule has 1 N–H and O–H groups in total. The number of fused-ring (bicyclic) bond motifs is 1. The Hall–Kier alpha value is -2.66. The first kappa shape index (κ1) is 17.7. The first-order valence-electron chi connectivity index (χ1n) is 9.58. The fraction of sp³-hybridized carbons (Fsp3) is 0.364. The maximum Gasteiger partial charge on any atom is 0.337 e. The number of aromatic nitrogens is 2. The molecule has 27 heavy (non-hydrogen) atoms. The summed E-state index contributed by atoms with van der Waals surface area (Å²) >= 11 is 0. The number of carbonyl (C=O) groups is 1. The van der Waals surface area contributed by atoms with Gasteiger partial charge in [0.25, 0.3) is 0 Å². The molecule has 0 spiro atoms. The third-order valence-corrected chi connectivity index (χ3v) is 5.20. The molecule has 1 aliphatic carbocycles. The van der Waals surface area contributed by atoms with Gasteiger partial charge in [0.1, 0.15) is 5.52 Å². The van der Waals surface area contributed by atoms with Gasteiger partial charge in [-0.3, -0.25) is 4.68 Å². The highest BCUT2D eigenvalue weighted by atomic mass is 16.5. The number of nitrogens with zero attached hydrogens (tertiary/aromatic N) is 2. The van der Waals surface area contributed by atoms with Crippen molar-refractivity contribution in [2.75, 3.05) is 0 Å². The molecule has 0 saturated heterocycles. The second kappa shape index (κ2) is 7.92.